The molecule has 2 heterocycles. The molecule has 0 saturated carbocycles. The molecule has 32 heavy (non-hydrogen) atoms. The molecule has 2 amide bonds. The van der Waals surface area contributed by atoms with Gasteiger partial charge in [-0.05, 0) is 43.5 Å². The normalized spacial score (nSPS) is 13.4. The van der Waals surface area contributed by atoms with Crippen molar-refractivity contribution in [2.75, 3.05) is 42.8 Å². The highest BCUT2D eigenvalue weighted by molar-refractivity contribution is 6.00. The summed E-state index contributed by atoms with van der Waals surface area (Å²) >= 11 is 0. The molecule has 1 fully saturated rings. The number of anilines is 3. The highest BCUT2D eigenvalue weighted by Crippen LogP contribution is 2.26. The van der Waals surface area contributed by atoms with Crippen molar-refractivity contribution in [2.24, 2.45) is 0 Å². The minimum atomic E-state index is -0.362. The zero-order valence-corrected chi connectivity index (χ0v) is 18.3. The number of amides is 2. The minimum Gasteiger partial charge on any atom is -0.497 e. The fourth-order valence-electron chi connectivity index (χ4n) is 3.67. The molecule has 2 aromatic carbocycles. The smallest absolute Gasteiger partial charge is 0.323 e. The number of methoxy groups -OCH3 is 2. The zero-order valence-electron chi connectivity index (χ0n) is 18.3. The third-order valence-electron chi connectivity index (χ3n) is 5.38. The van der Waals surface area contributed by atoms with Crippen molar-refractivity contribution in [1.29, 1.82) is 0 Å². The quantitative estimate of drug-likeness (QED) is 0.581. The molecule has 0 aliphatic carbocycles. The van der Waals surface area contributed by atoms with Crippen molar-refractivity contribution >= 4 is 23.2 Å². The molecule has 0 radical (unpaired) electrons. The Morgan fingerprint density at radius 3 is 2.06 bits per heavy atom. The number of hydrogen-bond acceptors (Lipinski definition) is 6. The third-order valence-corrected chi connectivity index (χ3v) is 5.38. The first-order valence-electron chi connectivity index (χ1n) is 10.6. The summed E-state index contributed by atoms with van der Waals surface area (Å²) in [7, 11) is 3.12. The Morgan fingerprint density at radius 2 is 1.47 bits per heavy atom. The SMILES string of the molecule is COc1cc(NC(=O)Nc2ccc(-c3ccc(N4CCCCC4)nn3)cc2)cc(OC)c1. The van der Waals surface area contributed by atoms with E-state index in [9.17, 15) is 4.79 Å². The van der Waals surface area contributed by atoms with Gasteiger partial charge in [-0.3, -0.25) is 0 Å². The molecule has 0 unspecified atom stereocenters. The average molecular weight is 434 g/mol. The summed E-state index contributed by atoms with van der Waals surface area (Å²) in [6.45, 7) is 2.08. The van der Waals surface area contributed by atoms with Crippen LogP contribution in [0.1, 0.15) is 19.3 Å². The Kier molecular flexibility index (Phi) is 6.69. The van der Waals surface area contributed by atoms with Gasteiger partial charge in [-0.25, -0.2) is 4.79 Å². The summed E-state index contributed by atoms with van der Waals surface area (Å²) in [5.41, 5.74) is 2.97. The summed E-state index contributed by atoms with van der Waals surface area (Å²) in [4.78, 5) is 14.7. The number of urea groups is 1. The number of carbonyl (C=O) groups is 1. The van der Waals surface area contributed by atoms with Crippen molar-refractivity contribution in [3.05, 3.63) is 54.6 Å². The zero-order chi connectivity index (χ0) is 22.3. The summed E-state index contributed by atoms with van der Waals surface area (Å²) in [6, 6.07) is 16.3. The maximum atomic E-state index is 12.4. The first kappa shape index (κ1) is 21.4. The van der Waals surface area contributed by atoms with Crippen molar-refractivity contribution in [3.8, 4) is 22.8 Å². The molecule has 8 heteroatoms. The Morgan fingerprint density at radius 1 is 0.812 bits per heavy atom. The second-order valence-corrected chi connectivity index (χ2v) is 7.58. The number of aromatic nitrogens is 2. The minimum absolute atomic E-state index is 0.362. The van der Waals surface area contributed by atoms with E-state index < -0.39 is 0 Å². The van der Waals surface area contributed by atoms with Crippen LogP contribution in [-0.2, 0) is 0 Å². The lowest BCUT2D eigenvalue weighted by molar-refractivity contribution is 0.262. The molecule has 2 N–H and O–H groups in total. The van der Waals surface area contributed by atoms with E-state index in [4.69, 9.17) is 9.47 Å². The van der Waals surface area contributed by atoms with Crippen LogP contribution in [0.15, 0.2) is 54.6 Å². The second kappa shape index (κ2) is 10.00. The van der Waals surface area contributed by atoms with E-state index in [0.29, 0.717) is 22.9 Å². The third kappa shape index (κ3) is 5.26. The van der Waals surface area contributed by atoms with E-state index in [0.717, 1.165) is 30.2 Å². The van der Waals surface area contributed by atoms with Crippen molar-refractivity contribution < 1.29 is 14.3 Å². The molecule has 1 aromatic heterocycles. The van der Waals surface area contributed by atoms with E-state index >= 15 is 0 Å². The highest BCUT2D eigenvalue weighted by atomic mass is 16.5. The van der Waals surface area contributed by atoms with Crippen molar-refractivity contribution in [3.63, 3.8) is 0 Å². The van der Waals surface area contributed by atoms with E-state index in [1.54, 1.807) is 32.4 Å². The molecule has 3 aromatic rings. The molecular weight excluding hydrogens is 406 g/mol. The number of benzene rings is 2. The number of rotatable bonds is 6. The molecule has 1 aliphatic heterocycles. The predicted octanol–water partition coefficient (Wildman–Crippen LogP) is 4.80. The molecular formula is C24H27N5O3. The van der Waals surface area contributed by atoms with E-state index in [1.165, 1.54) is 19.3 Å². The van der Waals surface area contributed by atoms with Gasteiger partial charge in [0.15, 0.2) is 5.82 Å². The molecule has 0 bridgehead atoms. The summed E-state index contributed by atoms with van der Waals surface area (Å²) in [5.74, 6) is 2.12. The number of nitrogens with zero attached hydrogens (tertiary/aromatic N) is 3. The van der Waals surface area contributed by atoms with Gasteiger partial charge in [0.2, 0.25) is 0 Å². The van der Waals surface area contributed by atoms with Gasteiger partial charge in [-0.2, -0.15) is 0 Å². The number of ether oxygens (including phenoxy) is 2. The van der Waals surface area contributed by atoms with Crippen LogP contribution in [0.4, 0.5) is 22.0 Å². The Bertz CT molecular complexity index is 1030. The van der Waals surface area contributed by atoms with E-state index in [1.807, 2.05) is 36.4 Å². The van der Waals surface area contributed by atoms with E-state index in [-0.39, 0.29) is 6.03 Å². The first-order chi connectivity index (χ1) is 15.6. The fourth-order valence-corrected chi connectivity index (χ4v) is 3.67. The second-order valence-electron chi connectivity index (χ2n) is 7.58. The van der Waals surface area contributed by atoms with Gasteiger partial charge in [0.1, 0.15) is 11.5 Å². The Balaban J connectivity index is 1.38. The maximum absolute atomic E-state index is 12.4. The van der Waals surface area contributed by atoms with Crippen LogP contribution in [0.5, 0.6) is 11.5 Å². The van der Waals surface area contributed by atoms with Gasteiger partial charge in [0.05, 0.1) is 19.9 Å². The number of hydrogen-bond donors (Lipinski definition) is 2. The Hall–Kier alpha value is -3.81. The molecule has 0 spiro atoms. The standard InChI is InChI=1S/C24H27N5O3/c1-31-20-14-19(15-21(16-20)32-2)26-24(30)25-18-8-6-17(7-9-18)22-10-11-23(28-27-22)29-12-4-3-5-13-29/h6-11,14-16H,3-5,12-13H2,1-2H3,(H2,25,26,30). The van der Waals surface area contributed by atoms with Crippen LogP contribution in [0.25, 0.3) is 11.3 Å². The van der Waals surface area contributed by atoms with Gasteiger partial charge in [0, 0.05) is 48.2 Å². The Labute approximate surface area is 187 Å². The maximum Gasteiger partial charge on any atom is 0.323 e. The van der Waals surface area contributed by atoms with Crippen LogP contribution >= 0.6 is 0 Å². The molecule has 1 aliphatic rings. The summed E-state index contributed by atoms with van der Waals surface area (Å²) in [6.07, 6.45) is 3.70. The highest BCUT2D eigenvalue weighted by Gasteiger charge is 2.13. The molecule has 8 nitrogen and oxygen atoms in total. The number of carbonyl (C=O) groups excluding carboxylic acids is 1. The van der Waals surface area contributed by atoms with Crippen molar-refractivity contribution in [2.45, 2.75) is 19.3 Å². The van der Waals surface area contributed by atoms with Gasteiger partial charge >= 0.3 is 6.03 Å². The molecule has 1 saturated heterocycles. The summed E-state index contributed by atoms with van der Waals surface area (Å²) < 4.78 is 10.5. The lowest BCUT2D eigenvalue weighted by Crippen LogP contribution is -2.30. The lowest BCUT2D eigenvalue weighted by Gasteiger charge is -2.27. The number of nitrogens with one attached hydrogen (secondary N) is 2. The largest absolute Gasteiger partial charge is 0.497 e. The van der Waals surface area contributed by atoms with Gasteiger partial charge < -0.3 is 25.0 Å². The number of piperidine rings is 1. The lowest BCUT2D eigenvalue weighted by atomic mass is 10.1. The molecule has 4 rings (SSSR count). The summed E-state index contributed by atoms with van der Waals surface area (Å²) in [5, 5.41) is 14.4. The van der Waals surface area contributed by atoms with Crippen LogP contribution in [-0.4, -0.2) is 43.5 Å². The van der Waals surface area contributed by atoms with Gasteiger partial charge in [-0.1, -0.05) is 12.1 Å². The first-order valence-corrected chi connectivity index (χ1v) is 10.6. The monoisotopic (exact) mass is 433 g/mol. The predicted molar refractivity (Wildman–Crippen MR) is 126 cm³/mol. The average Bonchev–Trinajstić information content (AvgIpc) is 2.85. The molecule has 166 valence electrons. The fraction of sp³-hybridized carbons (Fsp3) is 0.292. The van der Waals surface area contributed by atoms with Crippen LogP contribution in [0.2, 0.25) is 0 Å². The van der Waals surface area contributed by atoms with Crippen LogP contribution < -0.4 is 25.0 Å². The van der Waals surface area contributed by atoms with Gasteiger partial charge in [-0.15, -0.1) is 10.2 Å². The van der Waals surface area contributed by atoms with E-state index in [2.05, 4.69) is 25.7 Å². The van der Waals surface area contributed by atoms with Crippen LogP contribution in [0.3, 0.4) is 0 Å². The molecule has 0 atom stereocenters. The van der Waals surface area contributed by atoms with Crippen molar-refractivity contribution in [1.82, 2.24) is 10.2 Å². The van der Waals surface area contributed by atoms with Gasteiger partial charge in [0.25, 0.3) is 0 Å². The topological polar surface area (TPSA) is 88.6 Å². The van der Waals surface area contributed by atoms with Crippen LogP contribution in [0, 0.1) is 0 Å².